The van der Waals surface area contributed by atoms with Gasteiger partial charge in [-0.15, -0.1) is 0 Å². The van der Waals surface area contributed by atoms with E-state index in [1.165, 1.54) is 0 Å². The van der Waals surface area contributed by atoms with Gasteiger partial charge in [0.2, 0.25) is 0 Å². The second-order valence-corrected chi connectivity index (χ2v) is 3.87. The number of alkyl halides is 2. The molecule has 1 saturated heterocycles. The molecule has 1 N–H and O–H groups in total. The van der Waals surface area contributed by atoms with Crippen molar-refractivity contribution >= 4 is 0 Å². The highest BCUT2D eigenvalue weighted by atomic mass is 19.3. The Morgan fingerprint density at radius 3 is 2.50 bits per heavy atom. The van der Waals surface area contributed by atoms with Crippen LogP contribution in [0.2, 0.25) is 0 Å². The third-order valence-corrected chi connectivity index (χ3v) is 2.65. The van der Waals surface area contributed by atoms with Gasteiger partial charge in [-0.25, -0.2) is 8.78 Å². The van der Waals surface area contributed by atoms with E-state index in [2.05, 4.69) is 4.90 Å². The maximum atomic E-state index is 12.2. The zero-order valence-electron chi connectivity index (χ0n) is 9.45. The summed E-state index contributed by atoms with van der Waals surface area (Å²) in [6.07, 6.45) is -2.34. The monoisotopic (exact) mass is 238 g/mol. The summed E-state index contributed by atoms with van der Waals surface area (Å²) in [5.74, 6) is 0. The summed E-state index contributed by atoms with van der Waals surface area (Å²) in [5, 5.41) is 8.77. The molecule has 1 aliphatic heterocycles. The number of morpholine rings is 1. The maximum absolute atomic E-state index is 12.2. The first kappa shape index (κ1) is 13.8. The molecule has 0 spiro atoms. The molecule has 0 aliphatic carbocycles. The van der Waals surface area contributed by atoms with Crippen LogP contribution in [0.4, 0.5) is 8.78 Å². The minimum Gasteiger partial charge on any atom is -0.395 e. The Morgan fingerprint density at radius 2 is 1.94 bits per heavy atom. The lowest BCUT2D eigenvalue weighted by molar-refractivity contribution is 0.0259. The van der Waals surface area contributed by atoms with Crippen LogP contribution in [0.5, 0.6) is 0 Å². The van der Waals surface area contributed by atoms with E-state index in [9.17, 15) is 8.78 Å². The molecule has 1 aliphatic rings. The summed E-state index contributed by atoms with van der Waals surface area (Å²) in [7, 11) is 0. The van der Waals surface area contributed by atoms with E-state index in [0.717, 1.165) is 32.8 Å². The summed E-state index contributed by atoms with van der Waals surface area (Å²) < 4.78 is 29.6. The van der Waals surface area contributed by atoms with Crippen molar-refractivity contribution < 1.29 is 18.6 Å². The van der Waals surface area contributed by atoms with Crippen LogP contribution in [-0.2, 0) is 4.74 Å². The summed E-state index contributed by atoms with van der Waals surface area (Å²) in [5.41, 5.74) is 0. The highest BCUT2D eigenvalue weighted by molar-refractivity contribution is 4.66. The Labute approximate surface area is 94.8 Å². The Balaban J connectivity index is 2.19. The first-order chi connectivity index (χ1) is 7.72. The molecule has 6 heteroatoms. The number of aliphatic hydroxyl groups is 1. The first-order valence-electron chi connectivity index (χ1n) is 5.64. The molecule has 0 radical (unpaired) electrons. The summed E-state index contributed by atoms with van der Waals surface area (Å²) in [6.45, 7) is 4.48. The number of ether oxygens (including phenoxy) is 1. The molecule has 0 aromatic heterocycles. The predicted octanol–water partition coefficient (Wildman–Crippen LogP) is -0.122. The van der Waals surface area contributed by atoms with E-state index in [4.69, 9.17) is 9.84 Å². The topological polar surface area (TPSA) is 35.9 Å². The van der Waals surface area contributed by atoms with Crippen molar-refractivity contribution in [3.8, 4) is 0 Å². The Morgan fingerprint density at radius 1 is 1.25 bits per heavy atom. The van der Waals surface area contributed by atoms with E-state index in [1.54, 1.807) is 4.90 Å². The van der Waals surface area contributed by atoms with Crippen molar-refractivity contribution in [2.24, 2.45) is 0 Å². The lowest BCUT2D eigenvalue weighted by Crippen LogP contribution is -2.43. The van der Waals surface area contributed by atoms with Crippen LogP contribution in [0.3, 0.4) is 0 Å². The third kappa shape index (κ3) is 5.69. The van der Waals surface area contributed by atoms with Crippen molar-refractivity contribution in [2.75, 3.05) is 59.1 Å². The minimum absolute atomic E-state index is 0.0736. The average molecular weight is 238 g/mol. The summed E-state index contributed by atoms with van der Waals surface area (Å²) >= 11 is 0. The molecule has 0 aromatic carbocycles. The fourth-order valence-corrected chi connectivity index (χ4v) is 1.74. The second kappa shape index (κ2) is 7.89. The van der Waals surface area contributed by atoms with Gasteiger partial charge in [-0.1, -0.05) is 0 Å². The molecule has 16 heavy (non-hydrogen) atoms. The fraction of sp³-hybridized carbons (Fsp3) is 1.00. The van der Waals surface area contributed by atoms with E-state index in [1.807, 2.05) is 0 Å². The predicted molar refractivity (Wildman–Crippen MR) is 56.8 cm³/mol. The second-order valence-electron chi connectivity index (χ2n) is 3.87. The van der Waals surface area contributed by atoms with Crippen LogP contribution in [-0.4, -0.2) is 80.4 Å². The summed E-state index contributed by atoms with van der Waals surface area (Å²) in [4.78, 5) is 3.79. The summed E-state index contributed by atoms with van der Waals surface area (Å²) in [6, 6.07) is 0. The Bertz CT molecular complexity index is 178. The first-order valence-corrected chi connectivity index (χ1v) is 5.64. The standard InChI is InChI=1S/C10H20F2N2O2/c11-10(12)9-14(3-6-15)2-1-13-4-7-16-8-5-13/h10,15H,1-9H2. The van der Waals surface area contributed by atoms with Crippen molar-refractivity contribution in [1.82, 2.24) is 9.80 Å². The molecule has 0 bridgehead atoms. The maximum Gasteiger partial charge on any atom is 0.251 e. The molecule has 0 atom stereocenters. The largest absolute Gasteiger partial charge is 0.395 e. The van der Waals surface area contributed by atoms with E-state index >= 15 is 0 Å². The van der Waals surface area contributed by atoms with Crippen LogP contribution in [0.1, 0.15) is 0 Å². The Kier molecular flexibility index (Phi) is 6.79. The zero-order valence-corrected chi connectivity index (χ0v) is 9.45. The average Bonchev–Trinajstić information content (AvgIpc) is 2.27. The van der Waals surface area contributed by atoms with Crippen LogP contribution in [0, 0.1) is 0 Å². The van der Waals surface area contributed by atoms with E-state index in [-0.39, 0.29) is 13.2 Å². The number of hydrogen-bond donors (Lipinski definition) is 1. The zero-order chi connectivity index (χ0) is 11.8. The van der Waals surface area contributed by atoms with Crippen molar-refractivity contribution in [3.63, 3.8) is 0 Å². The molecule has 96 valence electrons. The lowest BCUT2D eigenvalue weighted by Gasteiger charge is -2.29. The van der Waals surface area contributed by atoms with E-state index < -0.39 is 6.43 Å². The van der Waals surface area contributed by atoms with Crippen LogP contribution >= 0.6 is 0 Å². The quantitative estimate of drug-likeness (QED) is 0.671. The smallest absolute Gasteiger partial charge is 0.251 e. The Hall–Kier alpha value is -0.300. The van der Waals surface area contributed by atoms with Gasteiger partial charge in [0.05, 0.1) is 26.4 Å². The van der Waals surface area contributed by atoms with Gasteiger partial charge in [-0.2, -0.15) is 0 Å². The number of halogens is 2. The molecule has 4 nitrogen and oxygen atoms in total. The number of rotatable bonds is 7. The molecule has 0 aromatic rings. The van der Waals surface area contributed by atoms with Crippen LogP contribution in [0.15, 0.2) is 0 Å². The molecule has 0 unspecified atom stereocenters. The van der Waals surface area contributed by atoms with Crippen molar-refractivity contribution in [3.05, 3.63) is 0 Å². The minimum atomic E-state index is -2.34. The van der Waals surface area contributed by atoms with Crippen LogP contribution < -0.4 is 0 Å². The van der Waals surface area contributed by atoms with Crippen LogP contribution in [0.25, 0.3) is 0 Å². The normalized spacial score (nSPS) is 18.6. The molecule has 0 amide bonds. The fourth-order valence-electron chi connectivity index (χ4n) is 1.74. The van der Waals surface area contributed by atoms with Gasteiger partial charge in [0.1, 0.15) is 0 Å². The molecule has 1 rings (SSSR count). The van der Waals surface area contributed by atoms with Gasteiger partial charge in [0.15, 0.2) is 0 Å². The highest BCUT2D eigenvalue weighted by Gasteiger charge is 2.14. The van der Waals surface area contributed by atoms with Gasteiger partial charge in [0.25, 0.3) is 6.43 Å². The van der Waals surface area contributed by atoms with Gasteiger partial charge < -0.3 is 9.84 Å². The number of aliphatic hydroxyl groups excluding tert-OH is 1. The SMILES string of the molecule is OCCN(CCN1CCOCC1)CC(F)F. The molecule has 1 heterocycles. The van der Waals surface area contributed by atoms with Crippen molar-refractivity contribution in [1.29, 1.82) is 0 Å². The van der Waals surface area contributed by atoms with Gasteiger partial charge in [-0.3, -0.25) is 9.80 Å². The number of nitrogens with zero attached hydrogens (tertiary/aromatic N) is 2. The van der Waals surface area contributed by atoms with Gasteiger partial charge in [0, 0.05) is 32.7 Å². The molecular weight excluding hydrogens is 218 g/mol. The molecular formula is C10H20F2N2O2. The molecule has 1 fully saturated rings. The highest BCUT2D eigenvalue weighted by Crippen LogP contribution is 2.01. The van der Waals surface area contributed by atoms with Crippen molar-refractivity contribution in [2.45, 2.75) is 6.43 Å². The third-order valence-electron chi connectivity index (χ3n) is 2.65. The lowest BCUT2D eigenvalue weighted by atomic mass is 10.4. The molecule has 0 saturated carbocycles. The number of hydrogen-bond acceptors (Lipinski definition) is 4. The van der Waals surface area contributed by atoms with E-state index in [0.29, 0.717) is 13.1 Å². The van der Waals surface area contributed by atoms with Gasteiger partial charge in [-0.05, 0) is 0 Å². The van der Waals surface area contributed by atoms with Gasteiger partial charge >= 0.3 is 0 Å².